The van der Waals surface area contributed by atoms with Crippen molar-refractivity contribution in [3.63, 3.8) is 0 Å². The zero-order chi connectivity index (χ0) is 28.6. The highest BCUT2D eigenvalue weighted by Crippen LogP contribution is 2.36. The molecule has 1 unspecified atom stereocenters. The monoisotopic (exact) mass is 563 g/mol. The first kappa shape index (κ1) is 27.3. The fourth-order valence-electron chi connectivity index (χ4n) is 4.88. The number of rotatable bonds is 9. The van der Waals surface area contributed by atoms with Crippen molar-refractivity contribution in [3.05, 3.63) is 163 Å². The van der Waals surface area contributed by atoms with Gasteiger partial charge in [0, 0.05) is 23.2 Å². The number of pyridine rings is 3. The van der Waals surface area contributed by atoms with Crippen LogP contribution in [0.1, 0.15) is 33.2 Å². The maximum atomic E-state index is 13.1. The van der Waals surface area contributed by atoms with Crippen molar-refractivity contribution in [3.8, 4) is 33.9 Å². The van der Waals surface area contributed by atoms with Crippen LogP contribution < -0.4 is 0 Å². The van der Waals surface area contributed by atoms with Gasteiger partial charge in [-0.15, -0.1) is 0 Å². The predicted molar refractivity (Wildman–Crippen MR) is 172 cm³/mol. The number of aryl methyl sites for hydroxylation is 1. The molecule has 0 aliphatic heterocycles. The summed E-state index contributed by atoms with van der Waals surface area (Å²) < 4.78 is 0. The fourth-order valence-corrected chi connectivity index (χ4v) is 5.94. The SMILES string of the molecule is O=C(SC(CCc1ccc(-c2cc(-c3ccccn3)nc(-c3ccccn3)c2)cc1)c1ccccc1)c1ccccc1. The molecule has 4 nitrogen and oxygen atoms in total. The first-order chi connectivity index (χ1) is 20.7. The average Bonchev–Trinajstić information content (AvgIpc) is 3.08. The second-order valence-electron chi connectivity index (χ2n) is 9.96. The Balaban J connectivity index is 1.23. The Morgan fingerprint density at radius 1 is 0.595 bits per heavy atom. The molecule has 0 radical (unpaired) electrons. The topological polar surface area (TPSA) is 55.7 Å². The van der Waals surface area contributed by atoms with Crippen LogP contribution in [0, 0.1) is 0 Å². The Bertz CT molecular complexity index is 1690. The molecule has 0 saturated heterocycles. The van der Waals surface area contributed by atoms with Gasteiger partial charge >= 0.3 is 0 Å². The summed E-state index contributed by atoms with van der Waals surface area (Å²) in [5.41, 5.74) is 8.56. The van der Waals surface area contributed by atoms with Gasteiger partial charge in [-0.3, -0.25) is 14.8 Å². The average molecular weight is 564 g/mol. The number of carbonyl (C=O) groups is 1. The minimum absolute atomic E-state index is 0.0700. The van der Waals surface area contributed by atoms with Gasteiger partial charge in [0.2, 0.25) is 5.12 Å². The second-order valence-corrected chi connectivity index (χ2v) is 11.1. The number of benzene rings is 3. The van der Waals surface area contributed by atoms with Crippen molar-refractivity contribution < 1.29 is 4.79 Å². The van der Waals surface area contributed by atoms with Crippen molar-refractivity contribution in [2.24, 2.45) is 0 Å². The van der Waals surface area contributed by atoms with Gasteiger partial charge in [-0.25, -0.2) is 4.98 Å². The summed E-state index contributed by atoms with van der Waals surface area (Å²) in [5.74, 6) is 0. The number of hydrogen-bond acceptors (Lipinski definition) is 5. The van der Waals surface area contributed by atoms with E-state index in [0.29, 0.717) is 0 Å². The molecule has 0 amide bonds. The maximum Gasteiger partial charge on any atom is 0.219 e. The van der Waals surface area contributed by atoms with Gasteiger partial charge in [-0.2, -0.15) is 0 Å². The number of thioether (sulfide) groups is 1. The Labute approximate surface area is 250 Å². The largest absolute Gasteiger partial charge is 0.282 e. The van der Waals surface area contributed by atoms with E-state index in [1.165, 1.54) is 22.9 Å². The van der Waals surface area contributed by atoms with Crippen molar-refractivity contribution in [2.45, 2.75) is 18.1 Å². The van der Waals surface area contributed by atoms with Crippen molar-refractivity contribution in [2.75, 3.05) is 0 Å². The summed E-state index contributed by atoms with van der Waals surface area (Å²) in [6.07, 6.45) is 5.29. The van der Waals surface area contributed by atoms with Crippen LogP contribution in [0.5, 0.6) is 0 Å². The van der Waals surface area contributed by atoms with E-state index in [0.717, 1.165) is 52.3 Å². The van der Waals surface area contributed by atoms with E-state index in [4.69, 9.17) is 4.98 Å². The molecular weight excluding hydrogens is 534 g/mol. The van der Waals surface area contributed by atoms with Crippen LogP contribution in [0.3, 0.4) is 0 Å². The molecule has 0 N–H and O–H groups in total. The van der Waals surface area contributed by atoms with E-state index in [9.17, 15) is 4.79 Å². The number of nitrogens with zero attached hydrogens (tertiary/aromatic N) is 3. The zero-order valence-electron chi connectivity index (χ0n) is 23.0. The van der Waals surface area contributed by atoms with Gasteiger partial charge in [0.15, 0.2) is 0 Å². The Hall–Kier alpha value is -4.87. The van der Waals surface area contributed by atoms with Gasteiger partial charge in [-0.1, -0.05) is 109 Å². The molecule has 5 heteroatoms. The van der Waals surface area contributed by atoms with Crippen LogP contribution in [0.2, 0.25) is 0 Å². The lowest BCUT2D eigenvalue weighted by Gasteiger charge is -2.17. The first-order valence-electron chi connectivity index (χ1n) is 14.0. The van der Waals surface area contributed by atoms with Crippen LogP contribution in [0.25, 0.3) is 33.9 Å². The van der Waals surface area contributed by atoms with E-state index < -0.39 is 0 Å². The van der Waals surface area contributed by atoms with Gasteiger partial charge in [0.05, 0.1) is 22.8 Å². The maximum absolute atomic E-state index is 13.1. The number of hydrogen-bond donors (Lipinski definition) is 0. The summed E-state index contributed by atoms with van der Waals surface area (Å²) in [6, 6.07) is 44.4. The normalized spacial score (nSPS) is 11.6. The molecule has 204 valence electrons. The molecule has 0 aliphatic rings. The fraction of sp³-hybridized carbons (Fsp3) is 0.0811. The molecule has 3 aromatic heterocycles. The van der Waals surface area contributed by atoms with Crippen LogP contribution in [-0.4, -0.2) is 20.1 Å². The van der Waals surface area contributed by atoms with Gasteiger partial charge in [0.1, 0.15) is 0 Å². The van der Waals surface area contributed by atoms with E-state index in [2.05, 4.69) is 58.5 Å². The molecule has 0 aliphatic carbocycles. The highest BCUT2D eigenvalue weighted by molar-refractivity contribution is 8.14. The molecular formula is C37H29N3OS. The molecule has 0 saturated carbocycles. The Morgan fingerprint density at radius 2 is 1.17 bits per heavy atom. The van der Waals surface area contributed by atoms with E-state index >= 15 is 0 Å². The van der Waals surface area contributed by atoms with Gasteiger partial charge < -0.3 is 0 Å². The summed E-state index contributed by atoms with van der Waals surface area (Å²) in [7, 11) is 0. The lowest BCUT2D eigenvalue weighted by Crippen LogP contribution is -2.02. The Morgan fingerprint density at radius 3 is 1.74 bits per heavy atom. The van der Waals surface area contributed by atoms with Crippen LogP contribution in [0.4, 0.5) is 0 Å². The van der Waals surface area contributed by atoms with Gasteiger partial charge in [-0.05, 0) is 71.5 Å². The molecule has 0 spiro atoms. The lowest BCUT2D eigenvalue weighted by molar-refractivity contribution is 0.108. The highest BCUT2D eigenvalue weighted by Gasteiger charge is 2.18. The molecule has 0 fully saturated rings. The van der Waals surface area contributed by atoms with E-state index in [1.54, 1.807) is 12.4 Å². The molecule has 3 aromatic carbocycles. The van der Waals surface area contributed by atoms with Crippen molar-refractivity contribution >= 4 is 16.9 Å². The lowest BCUT2D eigenvalue weighted by atomic mass is 9.99. The predicted octanol–water partition coefficient (Wildman–Crippen LogP) is 9.12. The standard InChI is InChI=1S/C37H29N3OS/c41-37(30-13-5-2-6-14-30)42-36(29-11-3-1-4-12-29)22-19-27-17-20-28(21-18-27)31-25-34(32-15-7-9-23-38-32)40-35(26-31)33-16-8-10-24-39-33/h1-18,20-21,23-26,36H,19,22H2. The van der Waals surface area contributed by atoms with Gasteiger partial charge in [0.25, 0.3) is 0 Å². The summed E-state index contributed by atoms with van der Waals surface area (Å²) in [6.45, 7) is 0. The van der Waals surface area contributed by atoms with Crippen molar-refractivity contribution in [1.29, 1.82) is 0 Å². The summed E-state index contributed by atoms with van der Waals surface area (Å²) in [4.78, 5) is 27.0. The summed E-state index contributed by atoms with van der Waals surface area (Å²) >= 11 is 1.41. The van der Waals surface area contributed by atoms with E-state index in [-0.39, 0.29) is 10.4 Å². The minimum atomic E-state index is 0.0700. The third-order valence-corrected chi connectivity index (χ3v) is 8.33. The molecule has 42 heavy (non-hydrogen) atoms. The molecule has 6 rings (SSSR count). The minimum Gasteiger partial charge on any atom is -0.282 e. The zero-order valence-corrected chi connectivity index (χ0v) is 23.8. The van der Waals surface area contributed by atoms with Crippen LogP contribution in [0.15, 0.2) is 146 Å². The van der Waals surface area contributed by atoms with Crippen LogP contribution >= 0.6 is 11.8 Å². The Kier molecular flexibility index (Phi) is 8.58. The number of aromatic nitrogens is 3. The molecule has 3 heterocycles. The first-order valence-corrected chi connectivity index (χ1v) is 14.9. The second kappa shape index (κ2) is 13.2. The van der Waals surface area contributed by atoms with Crippen molar-refractivity contribution in [1.82, 2.24) is 15.0 Å². The quantitative estimate of drug-likeness (QED) is 0.176. The molecule has 0 bridgehead atoms. The third-order valence-electron chi connectivity index (χ3n) is 7.09. The summed E-state index contributed by atoms with van der Waals surface area (Å²) in [5, 5.41) is 0.172. The van der Waals surface area contributed by atoms with Crippen LogP contribution in [-0.2, 0) is 6.42 Å². The number of carbonyl (C=O) groups excluding carboxylic acids is 1. The third kappa shape index (κ3) is 6.70. The smallest absolute Gasteiger partial charge is 0.219 e. The highest BCUT2D eigenvalue weighted by atomic mass is 32.2. The van der Waals surface area contributed by atoms with E-state index in [1.807, 2.05) is 84.9 Å². The molecule has 6 aromatic rings. The molecule has 1 atom stereocenters.